The Morgan fingerprint density at radius 2 is 0.867 bits per heavy atom. The van der Waals surface area contributed by atoms with Gasteiger partial charge < -0.3 is 9.32 Å². The van der Waals surface area contributed by atoms with Crippen molar-refractivity contribution in [2.75, 3.05) is 4.90 Å². The molecule has 13 aromatic rings. The van der Waals surface area contributed by atoms with Crippen LogP contribution in [0.1, 0.15) is 0 Å². The summed E-state index contributed by atoms with van der Waals surface area (Å²) in [6.07, 6.45) is 0. The molecule has 0 aliphatic heterocycles. The van der Waals surface area contributed by atoms with Crippen LogP contribution in [0.5, 0.6) is 0 Å². The minimum Gasteiger partial charge on any atom is -0.456 e. The van der Waals surface area contributed by atoms with Crippen molar-refractivity contribution >= 4 is 124 Å². The van der Waals surface area contributed by atoms with Crippen molar-refractivity contribution in [3.8, 4) is 22.3 Å². The molecule has 0 radical (unpaired) electrons. The van der Waals surface area contributed by atoms with E-state index >= 15 is 0 Å². The summed E-state index contributed by atoms with van der Waals surface area (Å²) >= 11 is 3.76. The Labute approximate surface area is 353 Å². The predicted molar refractivity (Wildman–Crippen MR) is 260 cm³/mol. The average molecular weight is 800 g/mol. The fraction of sp³-hybridized carbons (Fsp3) is 0. The van der Waals surface area contributed by atoms with Gasteiger partial charge in [-0.2, -0.15) is 0 Å². The standard InChI is InChI=1S/C56H33NOS2/c1-2-16-36-34(14-1)15-11-22-41(36)54-42-21-4-3-17-37(42)49(33-45(54)35-30-31-51-46(32-35)38-18-5-8-27-50(38)58-51)57(47-25-12-23-43-39-19-6-9-28-52(39)59-55(43)47)48-26-13-24-44-40-20-7-10-29-53(40)60-56(44)48/h1-33H. The van der Waals surface area contributed by atoms with Gasteiger partial charge in [-0.15, -0.1) is 22.7 Å². The molecule has 60 heavy (non-hydrogen) atoms. The van der Waals surface area contributed by atoms with E-state index in [2.05, 4.69) is 199 Å². The van der Waals surface area contributed by atoms with Gasteiger partial charge in [0.25, 0.3) is 0 Å². The van der Waals surface area contributed by atoms with Crippen LogP contribution in [-0.4, -0.2) is 0 Å². The highest BCUT2D eigenvalue weighted by Crippen LogP contribution is 2.53. The molecule has 0 aliphatic rings. The van der Waals surface area contributed by atoms with E-state index in [1.807, 2.05) is 28.7 Å². The lowest BCUT2D eigenvalue weighted by Crippen LogP contribution is -2.11. The first-order valence-electron chi connectivity index (χ1n) is 20.3. The normalized spacial score (nSPS) is 12.0. The molecular formula is C56H33NOS2. The average Bonchev–Trinajstić information content (AvgIpc) is 4.01. The first kappa shape index (κ1) is 33.7. The van der Waals surface area contributed by atoms with Crippen LogP contribution in [0.4, 0.5) is 17.1 Å². The molecule has 0 aliphatic carbocycles. The van der Waals surface area contributed by atoms with Gasteiger partial charge in [-0.3, -0.25) is 0 Å². The Balaban J connectivity index is 1.20. The highest BCUT2D eigenvalue weighted by atomic mass is 32.1. The molecule has 10 aromatic carbocycles. The van der Waals surface area contributed by atoms with Crippen LogP contribution in [0.3, 0.4) is 0 Å². The molecule has 0 amide bonds. The van der Waals surface area contributed by atoms with Crippen LogP contribution < -0.4 is 4.90 Å². The van der Waals surface area contributed by atoms with Gasteiger partial charge >= 0.3 is 0 Å². The summed E-state index contributed by atoms with van der Waals surface area (Å²) in [4.78, 5) is 2.57. The summed E-state index contributed by atoms with van der Waals surface area (Å²) in [5, 5.41) is 12.2. The topological polar surface area (TPSA) is 16.4 Å². The van der Waals surface area contributed by atoms with Crippen molar-refractivity contribution < 1.29 is 4.42 Å². The van der Waals surface area contributed by atoms with Crippen LogP contribution in [0.15, 0.2) is 205 Å². The number of furan rings is 1. The van der Waals surface area contributed by atoms with Crippen molar-refractivity contribution in [2.24, 2.45) is 0 Å². The highest BCUT2D eigenvalue weighted by Gasteiger charge is 2.26. The van der Waals surface area contributed by atoms with E-state index in [1.165, 1.54) is 90.0 Å². The number of rotatable bonds is 5. The molecule has 280 valence electrons. The number of benzene rings is 10. The number of thiophene rings is 2. The fourth-order valence-corrected chi connectivity index (χ4v) is 12.0. The molecule has 0 spiro atoms. The minimum absolute atomic E-state index is 0.891. The van der Waals surface area contributed by atoms with Gasteiger partial charge in [0.2, 0.25) is 0 Å². The summed E-state index contributed by atoms with van der Waals surface area (Å²) in [5.41, 5.74) is 10.0. The first-order chi connectivity index (χ1) is 29.8. The molecule has 0 saturated heterocycles. The van der Waals surface area contributed by atoms with Gasteiger partial charge in [0, 0.05) is 47.1 Å². The summed E-state index contributed by atoms with van der Waals surface area (Å²) in [7, 11) is 0. The Kier molecular flexibility index (Phi) is 7.38. The molecule has 0 atom stereocenters. The maximum absolute atomic E-state index is 6.39. The largest absolute Gasteiger partial charge is 0.456 e. The second-order valence-electron chi connectivity index (χ2n) is 15.5. The number of fused-ring (bicyclic) bond motifs is 11. The van der Waals surface area contributed by atoms with Crippen LogP contribution in [0.2, 0.25) is 0 Å². The second kappa shape index (κ2) is 13.1. The molecule has 0 bridgehead atoms. The third-order valence-electron chi connectivity index (χ3n) is 12.3. The van der Waals surface area contributed by atoms with E-state index in [0.717, 1.165) is 33.2 Å². The summed E-state index contributed by atoms with van der Waals surface area (Å²) in [6, 6.07) is 73.4. The van der Waals surface area contributed by atoms with Crippen LogP contribution in [0.25, 0.3) is 106 Å². The Hall–Kier alpha value is -7.24. The predicted octanol–water partition coefficient (Wildman–Crippen LogP) is 17.4. The number of para-hydroxylation sites is 1. The lowest BCUT2D eigenvalue weighted by Gasteiger charge is -2.30. The van der Waals surface area contributed by atoms with E-state index in [1.54, 1.807) is 0 Å². The summed E-state index contributed by atoms with van der Waals surface area (Å²) in [6.45, 7) is 0. The molecule has 13 rings (SSSR count). The van der Waals surface area contributed by atoms with Gasteiger partial charge in [-0.1, -0.05) is 152 Å². The van der Waals surface area contributed by atoms with Gasteiger partial charge in [0.05, 0.1) is 26.5 Å². The van der Waals surface area contributed by atoms with Crippen molar-refractivity contribution in [1.82, 2.24) is 0 Å². The van der Waals surface area contributed by atoms with Crippen molar-refractivity contribution in [1.29, 1.82) is 0 Å². The van der Waals surface area contributed by atoms with Crippen molar-refractivity contribution in [3.05, 3.63) is 200 Å². The Morgan fingerprint density at radius 3 is 1.58 bits per heavy atom. The van der Waals surface area contributed by atoms with Crippen molar-refractivity contribution in [3.63, 3.8) is 0 Å². The Morgan fingerprint density at radius 1 is 0.333 bits per heavy atom. The molecule has 0 saturated carbocycles. The number of anilines is 3. The minimum atomic E-state index is 0.891. The monoisotopic (exact) mass is 799 g/mol. The van der Waals surface area contributed by atoms with Crippen LogP contribution >= 0.6 is 22.7 Å². The second-order valence-corrected chi connectivity index (χ2v) is 17.6. The molecule has 2 nitrogen and oxygen atoms in total. The zero-order valence-corrected chi connectivity index (χ0v) is 33.9. The molecule has 4 heteroatoms. The molecule has 0 unspecified atom stereocenters. The van der Waals surface area contributed by atoms with E-state index in [4.69, 9.17) is 4.42 Å². The molecule has 0 fully saturated rings. The maximum atomic E-state index is 6.39. The summed E-state index contributed by atoms with van der Waals surface area (Å²) < 4.78 is 11.5. The SMILES string of the molecule is c1ccc2c(-c3c(-c4ccc5oc6ccccc6c5c4)cc(N(c4cccc5c4sc4ccccc45)c4cccc5c4sc4ccccc45)c4ccccc34)cccc2c1. The number of hydrogen-bond acceptors (Lipinski definition) is 4. The first-order valence-corrected chi connectivity index (χ1v) is 22.0. The highest BCUT2D eigenvalue weighted by molar-refractivity contribution is 7.27. The van der Waals surface area contributed by atoms with E-state index in [0.29, 0.717) is 0 Å². The van der Waals surface area contributed by atoms with Gasteiger partial charge in [0.15, 0.2) is 0 Å². The molecular weight excluding hydrogens is 767 g/mol. The molecule has 0 N–H and O–H groups in total. The lowest BCUT2D eigenvalue weighted by atomic mass is 9.86. The number of nitrogens with zero attached hydrogens (tertiary/aromatic N) is 1. The van der Waals surface area contributed by atoms with Crippen LogP contribution in [0, 0.1) is 0 Å². The molecule has 3 aromatic heterocycles. The third-order valence-corrected chi connectivity index (χ3v) is 14.7. The van der Waals surface area contributed by atoms with E-state index < -0.39 is 0 Å². The third kappa shape index (κ3) is 4.99. The van der Waals surface area contributed by atoms with Gasteiger partial charge in [-0.05, 0) is 86.9 Å². The van der Waals surface area contributed by atoms with Crippen LogP contribution in [-0.2, 0) is 0 Å². The smallest absolute Gasteiger partial charge is 0.135 e. The zero-order chi connectivity index (χ0) is 39.3. The molecule has 3 heterocycles. The van der Waals surface area contributed by atoms with Crippen molar-refractivity contribution in [2.45, 2.75) is 0 Å². The van der Waals surface area contributed by atoms with E-state index in [-0.39, 0.29) is 0 Å². The van der Waals surface area contributed by atoms with Gasteiger partial charge in [-0.25, -0.2) is 0 Å². The number of hydrogen-bond donors (Lipinski definition) is 0. The summed E-state index contributed by atoms with van der Waals surface area (Å²) in [5.74, 6) is 0. The quantitative estimate of drug-likeness (QED) is 0.172. The zero-order valence-electron chi connectivity index (χ0n) is 32.2. The fourth-order valence-electron chi connectivity index (χ4n) is 9.60. The van der Waals surface area contributed by atoms with E-state index in [9.17, 15) is 0 Å². The lowest BCUT2D eigenvalue weighted by molar-refractivity contribution is 0.669. The van der Waals surface area contributed by atoms with Gasteiger partial charge in [0.1, 0.15) is 11.2 Å². The maximum Gasteiger partial charge on any atom is 0.135 e. The Bertz CT molecular complexity index is 3750.